The first kappa shape index (κ1) is 15.7. The Labute approximate surface area is 152 Å². The van der Waals surface area contributed by atoms with Crippen LogP contribution in [0, 0.1) is 11.3 Å². The maximum atomic E-state index is 13.1. The number of nitriles is 1. The molecule has 1 aromatic carbocycles. The largest absolute Gasteiger partial charge is 0.425 e. The molecule has 126 valence electrons. The van der Waals surface area contributed by atoms with Gasteiger partial charge in [-0.2, -0.15) is 5.26 Å². The predicted molar refractivity (Wildman–Crippen MR) is 94.5 cm³/mol. The molecule has 8 heteroatoms. The van der Waals surface area contributed by atoms with Gasteiger partial charge in [0.1, 0.15) is 17.6 Å². The third kappa shape index (κ3) is 1.96. The number of fused-ring (bicyclic) bond motifs is 4. The molecular weight excluding hydrogens is 386 g/mol. The van der Waals surface area contributed by atoms with E-state index in [9.17, 15) is 10.1 Å². The smallest absolute Gasteiger partial charge is 0.246 e. The fourth-order valence-corrected chi connectivity index (χ4v) is 3.79. The van der Waals surface area contributed by atoms with Crippen molar-refractivity contribution >= 4 is 33.4 Å². The van der Waals surface area contributed by atoms with Gasteiger partial charge in [-0.1, -0.05) is 22.9 Å². The number of hydrogen-bond acceptors (Lipinski definition) is 6. The molecule has 0 aliphatic carbocycles. The average molecular weight is 400 g/mol. The van der Waals surface area contributed by atoms with Crippen molar-refractivity contribution in [1.82, 2.24) is 4.98 Å². The van der Waals surface area contributed by atoms with Crippen LogP contribution in [0.4, 0.5) is 11.6 Å². The van der Waals surface area contributed by atoms with Crippen molar-refractivity contribution < 1.29 is 9.21 Å². The summed E-state index contributed by atoms with van der Waals surface area (Å²) in [6.07, 6.45) is 1.47. The normalized spacial score (nSPS) is 20.8. The summed E-state index contributed by atoms with van der Waals surface area (Å²) >= 11 is 3.43. The van der Waals surface area contributed by atoms with Crippen LogP contribution in [0.5, 0.6) is 0 Å². The zero-order valence-corrected chi connectivity index (χ0v) is 14.9. The standard InChI is InChI=1S/C17H14BrN5O2/c1-2-3-12-22-13-15(25-12)23-14(20)10(7-19)17(13)9-6-8(18)4-5-11(9)21-16(17)24/h4-6,23H,2-3,20H2,1H3,(H,21,24). The molecule has 25 heavy (non-hydrogen) atoms. The zero-order valence-electron chi connectivity index (χ0n) is 13.3. The molecule has 4 rings (SSSR count). The molecule has 7 nitrogen and oxygen atoms in total. The summed E-state index contributed by atoms with van der Waals surface area (Å²) in [5.41, 5.74) is 6.40. The van der Waals surface area contributed by atoms with Crippen molar-refractivity contribution in [2.45, 2.75) is 25.2 Å². The number of rotatable bonds is 2. The van der Waals surface area contributed by atoms with Gasteiger partial charge in [0.15, 0.2) is 11.3 Å². The molecule has 0 fully saturated rings. The minimum absolute atomic E-state index is 0.0946. The molecule has 2 aliphatic rings. The zero-order chi connectivity index (χ0) is 17.8. The summed E-state index contributed by atoms with van der Waals surface area (Å²) < 4.78 is 6.54. The van der Waals surface area contributed by atoms with Crippen LogP contribution in [-0.2, 0) is 16.6 Å². The quantitative estimate of drug-likeness (QED) is 0.714. The van der Waals surface area contributed by atoms with Crippen molar-refractivity contribution in [3.05, 3.63) is 51.2 Å². The van der Waals surface area contributed by atoms with Crippen molar-refractivity contribution in [3.8, 4) is 6.07 Å². The van der Waals surface area contributed by atoms with E-state index >= 15 is 0 Å². The fraction of sp³-hybridized carbons (Fsp3) is 0.235. The number of amides is 1. The molecule has 0 bridgehead atoms. The van der Waals surface area contributed by atoms with Crippen LogP contribution < -0.4 is 16.4 Å². The lowest BCUT2D eigenvalue weighted by Gasteiger charge is -2.30. The second-order valence-electron chi connectivity index (χ2n) is 5.95. The first-order valence-corrected chi connectivity index (χ1v) is 8.60. The second kappa shape index (κ2) is 5.36. The van der Waals surface area contributed by atoms with Crippen LogP contribution >= 0.6 is 15.9 Å². The van der Waals surface area contributed by atoms with Crippen molar-refractivity contribution in [2.24, 2.45) is 5.73 Å². The number of nitrogens with zero attached hydrogens (tertiary/aromatic N) is 2. The van der Waals surface area contributed by atoms with E-state index in [2.05, 4.69) is 37.6 Å². The van der Waals surface area contributed by atoms with E-state index < -0.39 is 5.41 Å². The number of carbonyl (C=O) groups excluding carboxylic acids is 1. The number of halogens is 1. The molecule has 2 aromatic rings. The van der Waals surface area contributed by atoms with E-state index in [4.69, 9.17) is 10.2 Å². The number of aromatic nitrogens is 1. The third-order valence-electron chi connectivity index (χ3n) is 4.47. The lowest BCUT2D eigenvalue weighted by molar-refractivity contribution is -0.118. The molecule has 0 saturated heterocycles. The summed E-state index contributed by atoms with van der Waals surface area (Å²) in [7, 11) is 0. The van der Waals surface area contributed by atoms with Gasteiger partial charge in [-0.15, -0.1) is 0 Å². The molecule has 1 unspecified atom stereocenters. The summed E-state index contributed by atoms with van der Waals surface area (Å²) in [5.74, 6) is 0.543. The van der Waals surface area contributed by atoms with Crippen LogP contribution in [0.1, 0.15) is 30.5 Å². The van der Waals surface area contributed by atoms with Crippen LogP contribution in [0.2, 0.25) is 0 Å². The summed E-state index contributed by atoms with van der Waals surface area (Å²) in [6.45, 7) is 2.01. The molecule has 4 N–H and O–H groups in total. The van der Waals surface area contributed by atoms with E-state index in [0.29, 0.717) is 35.1 Å². The SMILES string of the molecule is CCCc1nc2c(o1)NC(N)=C(C#N)C21C(=O)Nc2ccc(Br)cc21. The molecule has 0 saturated carbocycles. The molecule has 1 aromatic heterocycles. The Morgan fingerprint density at radius 2 is 2.24 bits per heavy atom. The Morgan fingerprint density at radius 3 is 2.96 bits per heavy atom. The van der Waals surface area contributed by atoms with Crippen LogP contribution in [0.3, 0.4) is 0 Å². The van der Waals surface area contributed by atoms with Gasteiger partial charge in [-0.3, -0.25) is 4.79 Å². The number of benzene rings is 1. The van der Waals surface area contributed by atoms with Gasteiger partial charge in [0.25, 0.3) is 0 Å². The van der Waals surface area contributed by atoms with Crippen molar-refractivity contribution in [1.29, 1.82) is 5.26 Å². The molecule has 2 aliphatic heterocycles. The Kier molecular flexibility index (Phi) is 3.37. The maximum Gasteiger partial charge on any atom is 0.246 e. The van der Waals surface area contributed by atoms with Gasteiger partial charge in [0.2, 0.25) is 11.8 Å². The third-order valence-corrected chi connectivity index (χ3v) is 4.96. The predicted octanol–water partition coefficient (Wildman–Crippen LogP) is 2.75. The number of hydrogen-bond donors (Lipinski definition) is 3. The Morgan fingerprint density at radius 1 is 1.44 bits per heavy atom. The van der Waals surface area contributed by atoms with Gasteiger partial charge in [0, 0.05) is 22.1 Å². The van der Waals surface area contributed by atoms with E-state index in [1.54, 1.807) is 12.1 Å². The minimum atomic E-state index is -1.41. The number of aryl methyl sites for hydroxylation is 1. The van der Waals surface area contributed by atoms with Crippen molar-refractivity contribution in [3.63, 3.8) is 0 Å². The van der Waals surface area contributed by atoms with Crippen LogP contribution in [-0.4, -0.2) is 10.9 Å². The monoisotopic (exact) mass is 399 g/mol. The molecule has 1 spiro atoms. The highest BCUT2D eigenvalue weighted by atomic mass is 79.9. The highest BCUT2D eigenvalue weighted by molar-refractivity contribution is 9.10. The Balaban J connectivity index is 2.08. The van der Waals surface area contributed by atoms with Crippen LogP contribution in [0.15, 0.2) is 38.5 Å². The van der Waals surface area contributed by atoms with E-state index in [-0.39, 0.29) is 17.3 Å². The second-order valence-corrected chi connectivity index (χ2v) is 6.87. The van der Waals surface area contributed by atoms with E-state index in [1.807, 2.05) is 13.0 Å². The number of carbonyl (C=O) groups is 1. The first-order chi connectivity index (χ1) is 12.0. The lowest BCUT2D eigenvalue weighted by Crippen LogP contribution is -2.43. The Hall–Kier alpha value is -2.79. The van der Waals surface area contributed by atoms with Gasteiger partial charge in [-0.05, 0) is 24.6 Å². The molecule has 1 atom stereocenters. The minimum Gasteiger partial charge on any atom is -0.425 e. The topological polar surface area (TPSA) is 117 Å². The fourth-order valence-electron chi connectivity index (χ4n) is 3.43. The van der Waals surface area contributed by atoms with Gasteiger partial charge < -0.3 is 20.8 Å². The summed E-state index contributed by atoms with van der Waals surface area (Å²) in [5, 5.41) is 15.5. The molecular formula is C17H14BrN5O2. The molecule has 3 heterocycles. The highest BCUT2D eigenvalue weighted by Crippen LogP contribution is 2.52. The number of nitrogens with two attached hydrogens (primary N) is 1. The lowest BCUT2D eigenvalue weighted by atomic mass is 9.71. The summed E-state index contributed by atoms with van der Waals surface area (Å²) in [6, 6.07) is 7.51. The Bertz CT molecular complexity index is 987. The number of anilines is 2. The maximum absolute atomic E-state index is 13.1. The van der Waals surface area contributed by atoms with E-state index in [0.717, 1.165) is 10.9 Å². The first-order valence-electron chi connectivity index (χ1n) is 7.81. The van der Waals surface area contributed by atoms with Crippen LogP contribution in [0.25, 0.3) is 0 Å². The highest BCUT2D eigenvalue weighted by Gasteiger charge is 2.58. The number of nitrogens with one attached hydrogen (secondary N) is 2. The van der Waals surface area contributed by atoms with Gasteiger partial charge in [0.05, 0.1) is 5.57 Å². The van der Waals surface area contributed by atoms with Gasteiger partial charge >= 0.3 is 0 Å². The van der Waals surface area contributed by atoms with Crippen molar-refractivity contribution in [2.75, 3.05) is 10.6 Å². The van der Waals surface area contributed by atoms with E-state index in [1.165, 1.54) is 0 Å². The van der Waals surface area contributed by atoms with Gasteiger partial charge in [-0.25, -0.2) is 4.98 Å². The molecule has 0 radical (unpaired) electrons. The molecule has 1 amide bonds. The number of oxazole rings is 1. The summed E-state index contributed by atoms with van der Waals surface area (Å²) in [4.78, 5) is 17.6. The average Bonchev–Trinajstić information content (AvgIpc) is 3.08.